The van der Waals surface area contributed by atoms with Gasteiger partial charge in [0.2, 0.25) is 0 Å². The summed E-state index contributed by atoms with van der Waals surface area (Å²) in [5.41, 5.74) is 5.18. The maximum atomic E-state index is 9.81. The topological polar surface area (TPSA) is 46.0 Å². The Labute approximate surface area is 187 Å². The van der Waals surface area contributed by atoms with Gasteiger partial charge in [-0.3, -0.25) is 0 Å². The summed E-state index contributed by atoms with van der Waals surface area (Å²) >= 11 is 1.71. The van der Waals surface area contributed by atoms with Crippen molar-refractivity contribution >= 4 is 29.6 Å². The maximum Gasteiger partial charge on any atom is 0.133 e. The van der Waals surface area contributed by atoms with Crippen LogP contribution in [0.2, 0.25) is 0 Å². The molecule has 0 fully saturated rings. The summed E-state index contributed by atoms with van der Waals surface area (Å²) in [6.45, 7) is 5.60. The summed E-state index contributed by atoms with van der Waals surface area (Å²) in [6.07, 6.45) is 8.05. The summed E-state index contributed by atoms with van der Waals surface area (Å²) in [4.78, 5) is 11.5. The molecule has 154 valence electrons. The normalized spacial score (nSPS) is 12.2. The van der Waals surface area contributed by atoms with Crippen molar-refractivity contribution in [3.63, 3.8) is 0 Å². The van der Waals surface area contributed by atoms with Crippen LogP contribution in [0.3, 0.4) is 0 Å². The van der Waals surface area contributed by atoms with Crippen molar-refractivity contribution in [3.8, 4) is 10.6 Å². The first-order valence-corrected chi connectivity index (χ1v) is 11.0. The van der Waals surface area contributed by atoms with Crippen LogP contribution in [0, 0.1) is 0 Å². The molecule has 0 saturated heterocycles. The second-order valence-corrected chi connectivity index (χ2v) is 8.48. The number of hydrogen-bond acceptors (Lipinski definition) is 4. The van der Waals surface area contributed by atoms with Crippen molar-refractivity contribution in [3.05, 3.63) is 112 Å². The summed E-state index contributed by atoms with van der Waals surface area (Å²) in [7, 11) is 0. The Bertz CT molecular complexity index is 1220. The molecule has 1 unspecified atom stereocenters. The van der Waals surface area contributed by atoms with Crippen LogP contribution >= 0.6 is 11.3 Å². The van der Waals surface area contributed by atoms with Crippen molar-refractivity contribution < 1.29 is 5.11 Å². The lowest BCUT2D eigenvalue weighted by molar-refractivity contribution is 0.199. The first-order chi connectivity index (χ1) is 15.1. The highest BCUT2D eigenvalue weighted by molar-refractivity contribution is 7.16. The lowest BCUT2D eigenvalue weighted by Crippen LogP contribution is -1.99. The predicted octanol–water partition coefficient (Wildman–Crippen LogP) is 6.66. The number of thiophene rings is 1. The van der Waals surface area contributed by atoms with Gasteiger partial charge in [-0.15, -0.1) is 11.3 Å². The molecular weight excluding hydrogens is 400 g/mol. The quantitative estimate of drug-likeness (QED) is 0.361. The molecule has 0 saturated carbocycles. The van der Waals surface area contributed by atoms with Gasteiger partial charge in [0.15, 0.2) is 0 Å². The number of aliphatic hydroxyl groups excluding tert-OH is 1. The lowest BCUT2D eigenvalue weighted by Gasteiger charge is -2.07. The minimum absolute atomic E-state index is 0.482. The predicted molar refractivity (Wildman–Crippen MR) is 131 cm³/mol. The van der Waals surface area contributed by atoms with E-state index < -0.39 is 6.10 Å². The number of rotatable bonds is 7. The molecule has 0 aliphatic rings. The van der Waals surface area contributed by atoms with Gasteiger partial charge in [-0.1, -0.05) is 61.2 Å². The van der Waals surface area contributed by atoms with Crippen LogP contribution in [-0.4, -0.2) is 15.1 Å². The van der Waals surface area contributed by atoms with Crippen molar-refractivity contribution in [2.75, 3.05) is 0 Å². The van der Waals surface area contributed by atoms with E-state index in [0.29, 0.717) is 6.42 Å². The second-order valence-electron chi connectivity index (χ2n) is 7.37. The van der Waals surface area contributed by atoms with E-state index in [1.807, 2.05) is 54.7 Å². The smallest absolute Gasteiger partial charge is 0.133 e. The van der Waals surface area contributed by atoms with Gasteiger partial charge in [0.25, 0.3) is 0 Å². The number of nitrogens with zero attached hydrogens (tertiary/aromatic N) is 2. The van der Waals surface area contributed by atoms with E-state index in [4.69, 9.17) is 4.98 Å². The van der Waals surface area contributed by atoms with Crippen LogP contribution in [0.5, 0.6) is 0 Å². The van der Waals surface area contributed by atoms with E-state index in [-0.39, 0.29) is 0 Å². The molecule has 2 heterocycles. The van der Waals surface area contributed by atoms with Crippen LogP contribution in [-0.2, 0) is 6.42 Å². The van der Waals surface area contributed by atoms with Crippen molar-refractivity contribution in [2.24, 2.45) is 0 Å². The van der Waals surface area contributed by atoms with Crippen LogP contribution in [0.1, 0.15) is 46.0 Å². The van der Waals surface area contributed by atoms with Gasteiger partial charge >= 0.3 is 0 Å². The number of aliphatic hydroxyl groups is 1. The standard InChI is InChI=1S/C27H24N2OS/c1-3-20-6-4-7-21(16-20)10-11-24-12-13-26(31-24)25-14-15-28-27(29-25)18-22-8-5-9-23(17-22)19(2)30/h3-17,19,30H,1,18H2,2H3/b11-10+. The Balaban J connectivity index is 1.51. The molecule has 0 spiro atoms. The van der Waals surface area contributed by atoms with Gasteiger partial charge in [-0.25, -0.2) is 9.97 Å². The average Bonchev–Trinajstić information content (AvgIpc) is 3.27. The molecule has 31 heavy (non-hydrogen) atoms. The fourth-order valence-electron chi connectivity index (χ4n) is 3.32. The summed E-state index contributed by atoms with van der Waals surface area (Å²) < 4.78 is 0. The van der Waals surface area contributed by atoms with E-state index in [1.54, 1.807) is 18.3 Å². The molecule has 3 nitrogen and oxygen atoms in total. The monoisotopic (exact) mass is 424 g/mol. The molecule has 1 atom stereocenters. The Kier molecular flexibility index (Phi) is 6.51. The highest BCUT2D eigenvalue weighted by Crippen LogP contribution is 2.28. The molecule has 2 aromatic heterocycles. The van der Waals surface area contributed by atoms with Crippen LogP contribution < -0.4 is 0 Å². The van der Waals surface area contributed by atoms with E-state index in [2.05, 4.69) is 48.0 Å². The first-order valence-electron chi connectivity index (χ1n) is 10.2. The van der Waals surface area contributed by atoms with Crippen LogP contribution in [0.15, 0.2) is 79.5 Å². The van der Waals surface area contributed by atoms with E-state index in [0.717, 1.165) is 38.6 Å². The lowest BCUT2D eigenvalue weighted by atomic mass is 10.0. The highest BCUT2D eigenvalue weighted by Gasteiger charge is 2.07. The maximum absolute atomic E-state index is 9.81. The Morgan fingerprint density at radius 2 is 1.84 bits per heavy atom. The molecule has 4 aromatic rings. The summed E-state index contributed by atoms with van der Waals surface area (Å²) in [5, 5.41) is 9.81. The molecule has 2 aromatic carbocycles. The summed E-state index contributed by atoms with van der Waals surface area (Å²) in [6, 6.07) is 22.4. The number of hydrogen-bond donors (Lipinski definition) is 1. The number of aromatic nitrogens is 2. The van der Waals surface area contributed by atoms with E-state index >= 15 is 0 Å². The molecule has 1 N–H and O–H groups in total. The second kappa shape index (κ2) is 9.65. The minimum Gasteiger partial charge on any atom is -0.389 e. The Hall–Kier alpha value is -3.34. The van der Waals surface area contributed by atoms with Crippen molar-refractivity contribution in [1.82, 2.24) is 9.97 Å². The molecule has 0 aliphatic carbocycles. The van der Waals surface area contributed by atoms with Gasteiger partial charge in [0.1, 0.15) is 5.82 Å². The van der Waals surface area contributed by atoms with Gasteiger partial charge < -0.3 is 5.11 Å². The minimum atomic E-state index is -0.482. The highest BCUT2D eigenvalue weighted by atomic mass is 32.1. The number of benzene rings is 2. The molecule has 0 amide bonds. The van der Waals surface area contributed by atoms with Crippen molar-refractivity contribution in [1.29, 1.82) is 0 Å². The van der Waals surface area contributed by atoms with Gasteiger partial charge in [0.05, 0.1) is 16.7 Å². The third kappa shape index (κ3) is 5.43. The first kappa shape index (κ1) is 20.9. The van der Waals surface area contributed by atoms with E-state index in [1.165, 1.54) is 4.88 Å². The third-order valence-electron chi connectivity index (χ3n) is 4.97. The molecule has 0 bridgehead atoms. The zero-order valence-electron chi connectivity index (χ0n) is 17.4. The molecule has 0 aliphatic heterocycles. The Morgan fingerprint density at radius 3 is 2.68 bits per heavy atom. The molecule has 0 radical (unpaired) electrons. The zero-order valence-corrected chi connectivity index (χ0v) is 18.2. The fourth-order valence-corrected chi connectivity index (χ4v) is 4.20. The Morgan fingerprint density at radius 1 is 1.00 bits per heavy atom. The zero-order chi connectivity index (χ0) is 21.6. The van der Waals surface area contributed by atoms with Crippen LogP contribution in [0.4, 0.5) is 0 Å². The van der Waals surface area contributed by atoms with Crippen LogP contribution in [0.25, 0.3) is 28.8 Å². The molecule has 4 heteroatoms. The van der Waals surface area contributed by atoms with Gasteiger partial charge in [0, 0.05) is 17.5 Å². The SMILES string of the molecule is C=Cc1cccc(/C=C/c2ccc(-c3ccnc(Cc4cccc(C(C)O)c4)n3)s2)c1. The molecular formula is C27H24N2OS. The fraction of sp³-hybridized carbons (Fsp3) is 0.111. The summed E-state index contributed by atoms with van der Waals surface area (Å²) in [5.74, 6) is 0.770. The molecule has 4 rings (SSSR count). The van der Waals surface area contributed by atoms with Crippen molar-refractivity contribution in [2.45, 2.75) is 19.4 Å². The average molecular weight is 425 g/mol. The van der Waals surface area contributed by atoms with E-state index in [9.17, 15) is 5.11 Å². The largest absolute Gasteiger partial charge is 0.389 e. The third-order valence-corrected chi connectivity index (χ3v) is 6.04. The van der Waals surface area contributed by atoms with Gasteiger partial charge in [-0.05, 0) is 59.5 Å². The van der Waals surface area contributed by atoms with Gasteiger partial charge in [-0.2, -0.15) is 0 Å².